The van der Waals surface area contributed by atoms with Crippen molar-refractivity contribution in [3.8, 4) is 5.75 Å². The maximum Gasteiger partial charge on any atom is 0.229 e. The van der Waals surface area contributed by atoms with Crippen molar-refractivity contribution in [2.45, 2.75) is 6.54 Å². The first-order valence-electron chi connectivity index (χ1n) is 8.63. The molecule has 0 aliphatic heterocycles. The van der Waals surface area contributed by atoms with E-state index in [2.05, 4.69) is 25.6 Å². The van der Waals surface area contributed by atoms with E-state index in [1.54, 1.807) is 19.5 Å². The van der Waals surface area contributed by atoms with Gasteiger partial charge in [-0.3, -0.25) is 4.98 Å². The monoisotopic (exact) mass is 357 g/mol. The van der Waals surface area contributed by atoms with Crippen LogP contribution >= 0.6 is 0 Å². The third-order valence-corrected chi connectivity index (χ3v) is 4.18. The van der Waals surface area contributed by atoms with Gasteiger partial charge in [0.2, 0.25) is 5.95 Å². The number of rotatable bonds is 6. The Balaban J connectivity index is 1.66. The summed E-state index contributed by atoms with van der Waals surface area (Å²) in [5.41, 5.74) is 2.81. The van der Waals surface area contributed by atoms with Crippen molar-refractivity contribution in [1.82, 2.24) is 15.0 Å². The topological polar surface area (TPSA) is 72.0 Å². The SMILES string of the molecule is COc1ccccc1CNc1nc(Nc2ccncc2)nc2ccccc12. The summed E-state index contributed by atoms with van der Waals surface area (Å²) in [6.45, 7) is 0.597. The quantitative estimate of drug-likeness (QED) is 0.533. The van der Waals surface area contributed by atoms with E-state index in [9.17, 15) is 0 Å². The third kappa shape index (κ3) is 3.79. The van der Waals surface area contributed by atoms with E-state index in [1.165, 1.54) is 0 Å². The van der Waals surface area contributed by atoms with Gasteiger partial charge in [0.25, 0.3) is 0 Å². The molecule has 0 aliphatic carbocycles. The fourth-order valence-electron chi connectivity index (χ4n) is 2.86. The lowest BCUT2D eigenvalue weighted by atomic mass is 10.2. The van der Waals surface area contributed by atoms with Gasteiger partial charge in [-0.15, -0.1) is 0 Å². The minimum absolute atomic E-state index is 0.530. The molecule has 0 aliphatic rings. The van der Waals surface area contributed by atoms with E-state index in [-0.39, 0.29) is 0 Å². The molecule has 4 rings (SSSR count). The first-order chi connectivity index (χ1) is 13.3. The summed E-state index contributed by atoms with van der Waals surface area (Å²) in [7, 11) is 1.68. The number of methoxy groups -OCH3 is 1. The molecule has 0 amide bonds. The summed E-state index contributed by atoms with van der Waals surface area (Å²) in [5.74, 6) is 2.14. The number of benzene rings is 2. The van der Waals surface area contributed by atoms with Gasteiger partial charge in [-0.05, 0) is 30.3 Å². The van der Waals surface area contributed by atoms with Crippen molar-refractivity contribution in [2.24, 2.45) is 0 Å². The van der Waals surface area contributed by atoms with Crippen LogP contribution in [0.3, 0.4) is 0 Å². The van der Waals surface area contributed by atoms with Gasteiger partial charge in [-0.25, -0.2) is 4.98 Å². The number of pyridine rings is 1. The van der Waals surface area contributed by atoms with Crippen LogP contribution in [-0.2, 0) is 6.54 Å². The van der Waals surface area contributed by atoms with E-state index in [1.807, 2.05) is 60.7 Å². The van der Waals surface area contributed by atoms with Crippen LogP contribution in [0.2, 0.25) is 0 Å². The lowest BCUT2D eigenvalue weighted by Gasteiger charge is -2.13. The van der Waals surface area contributed by atoms with Gasteiger partial charge in [0.05, 0.1) is 12.6 Å². The van der Waals surface area contributed by atoms with Crippen molar-refractivity contribution in [3.63, 3.8) is 0 Å². The number of para-hydroxylation sites is 2. The Kier molecular flexibility index (Phi) is 4.78. The normalized spacial score (nSPS) is 10.6. The first-order valence-corrected chi connectivity index (χ1v) is 8.63. The second-order valence-electron chi connectivity index (χ2n) is 5.94. The largest absolute Gasteiger partial charge is 0.496 e. The molecule has 0 fully saturated rings. The van der Waals surface area contributed by atoms with Gasteiger partial charge in [0.15, 0.2) is 0 Å². The minimum atomic E-state index is 0.530. The maximum absolute atomic E-state index is 5.43. The van der Waals surface area contributed by atoms with Gasteiger partial charge in [-0.1, -0.05) is 30.3 Å². The molecular weight excluding hydrogens is 338 g/mol. The summed E-state index contributed by atoms with van der Waals surface area (Å²) in [5, 5.41) is 7.62. The Hall–Kier alpha value is -3.67. The Bertz CT molecular complexity index is 1050. The van der Waals surface area contributed by atoms with Crippen molar-refractivity contribution >= 4 is 28.4 Å². The van der Waals surface area contributed by atoms with E-state index in [0.29, 0.717) is 12.5 Å². The molecule has 0 radical (unpaired) electrons. The Morgan fingerprint density at radius 2 is 1.67 bits per heavy atom. The number of nitrogens with zero attached hydrogens (tertiary/aromatic N) is 3. The zero-order valence-corrected chi connectivity index (χ0v) is 14.9. The molecule has 2 N–H and O–H groups in total. The summed E-state index contributed by atoms with van der Waals surface area (Å²) in [6.07, 6.45) is 3.45. The van der Waals surface area contributed by atoms with Crippen LogP contribution in [0, 0.1) is 0 Å². The highest BCUT2D eigenvalue weighted by atomic mass is 16.5. The summed E-state index contributed by atoms with van der Waals surface area (Å²) < 4.78 is 5.43. The van der Waals surface area contributed by atoms with Crippen LogP contribution in [0.15, 0.2) is 73.1 Å². The van der Waals surface area contributed by atoms with Crippen molar-refractivity contribution < 1.29 is 4.74 Å². The van der Waals surface area contributed by atoms with E-state index >= 15 is 0 Å². The van der Waals surface area contributed by atoms with Crippen LogP contribution in [0.1, 0.15) is 5.56 Å². The number of aromatic nitrogens is 3. The molecule has 2 aromatic heterocycles. The molecule has 0 spiro atoms. The molecule has 0 unspecified atom stereocenters. The molecule has 6 nitrogen and oxygen atoms in total. The summed E-state index contributed by atoms with van der Waals surface area (Å²) in [4.78, 5) is 13.3. The van der Waals surface area contributed by atoms with Crippen LogP contribution in [0.25, 0.3) is 10.9 Å². The molecule has 6 heteroatoms. The first kappa shape index (κ1) is 16.8. The van der Waals surface area contributed by atoms with Crippen LogP contribution < -0.4 is 15.4 Å². The zero-order valence-electron chi connectivity index (χ0n) is 14.9. The highest BCUT2D eigenvalue weighted by Gasteiger charge is 2.09. The van der Waals surface area contributed by atoms with Crippen LogP contribution in [-0.4, -0.2) is 22.1 Å². The molecule has 2 heterocycles. The molecule has 4 aromatic rings. The van der Waals surface area contributed by atoms with Gasteiger partial charge < -0.3 is 15.4 Å². The zero-order chi connectivity index (χ0) is 18.5. The highest BCUT2D eigenvalue weighted by molar-refractivity contribution is 5.90. The minimum Gasteiger partial charge on any atom is -0.496 e. The number of hydrogen-bond donors (Lipinski definition) is 2. The van der Waals surface area contributed by atoms with Crippen molar-refractivity contribution in [3.05, 3.63) is 78.6 Å². The molecule has 0 saturated heterocycles. The molecule has 0 bridgehead atoms. The second kappa shape index (κ2) is 7.70. The van der Waals surface area contributed by atoms with Crippen molar-refractivity contribution in [1.29, 1.82) is 0 Å². The van der Waals surface area contributed by atoms with Gasteiger partial charge >= 0.3 is 0 Å². The molecule has 134 valence electrons. The highest BCUT2D eigenvalue weighted by Crippen LogP contribution is 2.25. The summed E-state index contributed by atoms with van der Waals surface area (Å²) >= 11 is 0. The fourth-order valence-corrected chi connectivity index (χ4v) is 2.86. The molecule has 27 heavy (non-hydrogen) atoms. The lowest BCUT2D eigenvalue weighted by molar-refractivity contribution is 0.410. The average molecular weight is 357 g/mol. The Morgan fingerprint density at radius 3 is 2.52 bits per heavy atom. The van der Waals surface area contributed by atoms with Crippen molar-refractivity contribution in [2.75, 3.05) is 17.7 Å². The maximum atomic E-state index is 5.43. The number of ether oxygens (including phenoxy) is 1. The average Bonchev–Trinajstić information content (AvgIpc) is 2.73. The molecule has 2 aromatic carbocycles. The predicted molar refractivity (Wildman–Crippen MR) is 107 cm³/mol. The van der Waals surface area contributed by atoms with Crippen LogP contribution in [0.5, 0.6) is 5.75 Å². The molecular formula is C21H19N5O. The fraction of sp³-hybridized carbons (Fsp3) is 0.0952. The standard InChI is InChI=1S/C21H19N5O/c1-27-19-9-5-2-6-15(19)14-23-20-17-7-3-4-8-18(17)25-21(26-20)24-16-10-12-22-13-11-16/h2-13H,14H2,1H3,(H2,22,23,24,25,26). The summed E-state index contributed by atoms with van der Waals surface area (Å²) in [6, 6.07) is 19.6. The van der Waals surface area contributed by atoms with Gasteiger partial charge in [0.1, 0.15) is 11.6 Å². The molecule has 0 saturated carbocycles. The smallest absolute Gasteiger partial charge is 0.229 e. The van der Waals surface area contributed by atoms with E-state index < -0.39 is 0 Å². The van der Waals surface area contributed by atoms with E-state index in [0.717, 1.165) is 33.7 Å². The number of nitrogens with one attached hydrogen (secondary N) is 2. The Morgan fingerprint density at radius 1 is 0.889 bits per heavy atom. The number of hydrogen-bond acceptors (Lipinski definition) is 6. The third-order valence-electron chi connectivity index (χ3n) is 4.18. The predicted octanol–water partition coefficient (Wildman–Crippen LogP) is 4.39. The van der Waals surface area contributed by atoms with Gasteiger partial charge in [0, 0.05) is 35.6 Å². The number of fused-ring (bicyclic) bond motifs is 1. The number of anilines is 3. The van der Waals surface area contributed by atoms with Crippen LogP contribution in [0.4, 0.5) is 17.5 Å². The van der Waals surface area contributed by atoms with Gasteiger partial charge in [-0.2, -0.15) is 4.98 Å². The Labute approximate surface area is 157 Å². The molecule has 0 atom stereocenters. The van der Waals surface area contributed by atoms with E-state index in [4.69, 9.17) is 4.74 Å². The lowest BCUT2D eigenvalue weighted by Crippen LogP contribution is -2.06. The second-order valence-corrected chi connectivity index (χ2v) is 5.94.